The molecule has 7 nitrogen and oxygen atoms in total. The summed E-state index contributed by atoms with van der Waals surface area (Å²) in [7, 11) is 0. The van der Waals surface area contributed by atoms with Crippen molar-refractivity contribution in [3.8, 4) is 5.75 Å². The van der Waals surface area contributed by atoms with Gasteiger partial charge >= 0.3 is 5.97 Å². The van der Waals surface area contributed by atoms with Crippen molar-refractivity contribution in [1.29, 1.82) is 0 Å². The summed E-state index contributed by atoms with van der Waals surface area (Å²) in [4.78, 5) is 36.8. The van der Waals surface area contributed by atoms with Crippen LogP contribution in [0.1, 0.15) is 10.4 Å². The van der Waals surface area contributed by atoms with Gasteiger partial charge in [0.2, 0.25) is 5.91 Å². The van der Waals surface area contributed by atoms with Crippen LogP contribution in [0.4, 0.5) is 11.4 Å². The molecule has 1 aliphatic rings. The lowest BCUT2D eigenvalue weighted by Gasteiger charge is -2.28. The molecule has 2 N–H and O–H groups in total. The van der Waals surface area contributed by atoms with Gasteiger partial charge in [-0.15, -0.1) is 0 Å². The maximum Gasteiger partial charge on any atom is 0.337 e. The first-order valence-corrected chi connectivity index (χ1v) is 7.20. The van der Waals surface area contributed by atoms with E-state index >= 15 is 0 Å². The molecule has 0 aromatic heterocycles. The Bertz CT molecular complexity index is 818. The second kappa shape index (κ2) is 6.41. The van der Waals surface area contributed by atoms with E-state index in [1.807, 2.05) is 0 Å². The third-order valence-electron chi connectivity index (χ3n) is 3.54. The van der Waals surface area contributed by atoms with Crippen molar-refractivity contribution in [2.45, 2.75) is 0 Å². The molecule has 1 aliphatic heterocycles. The number of carboxylic acids is 1. The Morgan fingerprint density at radius 3 is 2.62 bits per heavy atom. The van der Waals surface area contributed by atoms with Gasteiger partial charge in [0.05, 0.1) is 16.9 Å². The highest BCUT2D eigenvalue weighted by atomic mass is 16.5. The number of aromatic carboxylic acids is 1. The van der Waals surface area contributed by atoms with Crippen LogP contribution < -0.4 is 15.0 Å². The summed E-state index contributed by atoms with van der Waals surface area (Å²) in [5.74, 6) is -1.45. The first kappa shape index (κ1) is 15.5. The highest BCUT2D eigenvalue weighted by molar-refractivity contribution is 6.06. The van der Waals surface area contributed by atoms with Crippen LogP contribution in [0.2, 0.25) is 0 Å². The fourth-order valence-electron chi connectivity index (χ4n) is 2.44. The van der Waals surface area contributed by atoms with Crippen molar-refractivity contribution in [3.05, 3.63) is 54.1 Å². The molecule has 2 amide bonds. The van der Waals surface area contributed by atoms with Crippen LogP contribution in [0.15, 0.2) is 48.5 Å². The van der Waals surface area contributed by atoms with Crippen molar-refractivity contribution in [3.63, 3.8) is 0 Å². The zero-order valence-corrected chi connectivity index (χ0v) is 12.6. The lowest BCUT2D eigenvalue weighted by molar-refractivity contribution is -0.123. The van der Waals surface area contributed by atoms with Crippen molar-refractivity contribution in [1.82, 2.24) is 0 Å². The van der Waals surface area contributed by atoms with Gasteiger partial charge in [0.15, 0.2) is 6.61 Å². The number of para-hydroxylation sites is 3. The minimum Gasteiger partial charge on any atom is -0.482 e. The molecule has 0 aliphatic carbocycles. The number of carboxylic acid groups (broad SMARTS) is 1. The molecule has 0 unspecified atom stereocenters. The smallest absolute Gasteiger partial charge is 0.337 e. The van der Waals surface area contributed by atoms with Gasteiger partial charge in [0.1, 0.15) is 12.3 Å². The van der Waals surface area contributed by atoms with Crippen molar-refractivity contribution in [2.24, 2.45) is 0 Å². The number of carbonyl (C=O) groups excluding carboxylic acids is 2. The monoisotopic (exact) mass is 326 g/mol. The van der Waals surface area contributed by atoms with E-state index in [9.17, 15) is 14.4 Å². The number of carbonyl (C=O) groups is 3. The molecule has 122 valence electrons. The van der Waals surface area contributed by atoms with Gasteiger partial charge in [-0.3, -0.25) is 14.5 Å². The van der Waals surface area contributed by atoms with Crippen molar-refractivity contribution < 1.29 is 24.2 Å². The standard InChI is InChI=1S/C17H14N2O5/c20-15(18-12-6-2-1-5-11(12)17(22)23)9-19-13-7-3-4-8-14(13)24-10-16(19)21/h1-8H,9-10H2,(H,18,20)(H,22,23). The molecule has 1 heterocycles. The van der Waals surface area contributed by atoms with E-state index in [-0.39, 0.29) is 30.3 Å². The Kier molecular flexibility index (Phi) is 4.15. The quantitative estimate of drug-likeness (QED) is 0.892. The largest absolute Gasteiger partial charge is 0.482 e. The number of hydrogen-bond donors (Lipinski definition) is 2. The molecule has 3 rings (SSSR count). The Labute approximate surface area is 137 Å². The van der Waals surface area contributed by atoms with Crippen LogP contribution in [0, 0.1) is 0 Å². The molecule has 0 fully saturated rings. The number of nitrogens with one attached hydrogen (secondary N) is 1. The van der Waals surface area contributed by atoms with Gasteiger partial charge in [-0.25, -0.2) is 4.79 Å². The predicted octanol–water partition coefficient (Wildman–Crippen LogP) is 1.75. The minimum atomic E-state index is -1.14. The Morgan fingerprint density at radius 2 is 1.83 bits per heavy atom. The first-order chi connectivity index (χ1) is 11.6. The Morgan fingerprint density at radius 1 is 1.12 bits per heavy atom. The first-order valence-electron chi connectivity index (χ1n) is 7.20. The summed E-state index contributed by atoms with van der Waals surface area (Å²) < 4.78 is 5.32. The Balaban J connectivity index is 1.79. The second-order valence-corrected chi connectivity index (χ2v) is 5.14. The lowest BCUT2D eigenvalue weighted by Crippen LogP contribution is -2.43. The molecule has 24 heavy (non-hydrogen) atoms. The minimum absolute atomic E-state index is 0.0143. The van der Waals surface area contributed by atoms with E-state index in [4.69, 9.17) is 9.84 Å². The number of hydrogen-bond acceptors (Lipinski definition) is 4. The van der Waals surface area contributed by atoms with Crippen LogP contribution in [0.3, 0.4) is 0 Å². The summed E-state index contributed by atoms with van der Waals surface area (Å²) in [5, 5.41) is 11.7. The van der Waals surface area contributed by atoms with Gasteiger partial charge in [0, 0.05) is 0 Å². The SMILES string of the molecule is O=C(CN1C(=O)COc2ccccc21)Nc1ccccc1C(=O)O. The van der Waals surface area contributed by atoms with Crippen LogP contribution in [-0.2, 0) is 9.59 Å². The van der Waals surface area contributed by atoms with Gasteiger partial charge in [-0.2, -0.15) is 0 Å². The number of nitrogens with zero attached hydrogens (tertiary/aromatic N) is 1. The topological polar surface area (TPSA) is 95.9 Å². The van der Waals surface area contributed by atoms with E-state index in [2.05, 4.69) is 5.32 Å². The normalized spacial score (nSPS) is 13.0. The molecule has 0 spiro atoms. The van der Waals surface area contributed by atoms with E-state index in [1.54, 1.807) is 36.4 Å². The van der Waals surface area contributed by atoms with E-state index in [1.165, 1.54) is 17.0 Å². The maximum atomic E-state index is 12.3. The van der Waals surface area contributed by atoms with Crippen LogP contribution in [0.5, 0.6) is 5.75 Å². The van der Waals surface area contributed by atoms with Gasteiger partial charge in [0.25, 0.3) is 5.91 Å². The maximum absolute atomic E-state index is 12.3. The van der Waals surface area contributed by atoms with Crippen molar-refractivity contribution >= 4 is 29.2 Å². The average molecular weight is 326 g/mol. The Hall–Kier alpha value is -3.35. The lowest BCUT2D eigenvalue weighted by atomic mass is 10.2. The average Bonchev–Trinajstić information content (AvgIpc) is 2.58. The summed E-state index contributed by atoms with van der Waals surface area (Å²) in [6, 6.07) is 13.0. The molecular weight excluding hydrogens is 312 g/mol. The third-order valence-corrected chi connectivity index (χ3v) is 3.54. The summed E-state index contributed by atoms with van der Waals surface area (Å²) in [5.41, 5.74) is 0.680. The van der Waals surface area contributed by atoms with Crippen LogP contribution >= 0.6 is 0 Å². The van der Waals surface area contributed by atoms with Gasteiger partial charge in [-0.05, 0) is 24.3 Å². The molecule has 2 aromatic carbocycles. The molecule has 0 saturated heterocycles. The number of anilines is 2. The molecule has 0 radical (unpaired) electrons. The van der Waals surface area contributed by atoms with Crippen LogP contribution in [0.25, 0.3) is 0 Å². The summed E-state index contributed by atoms with van der Waals surface area (Å²) in [6.45, 7) is -0.372. The zero-order valence-electron chi connectivity index (χ0n) is 12.6. The number of ether oxygens (including phenoxy) is 1. The molecule has 2 aromatic rings. The molecule has 7 heteroatoms. The third kappa shape index (κ3) is 3.05. The van der Waals surface area contributed by atoms with Gasteiger partial charge < -0.3 is 15.2 Å². The fraction of sp³-hybridized carbons (Fsp3) is 0.118. The van der Waals surface area contributed by atoms with E-state index in [0.717, 1.165) is 0 Å². The van der Waals surface area contributed by atoms with Crippen LogP contribution in [-0.4, -0.2) is 36.0 Å². The highest BCUT2D eigenvalue weighted by Crippen LogP contribution is 2.31. The number of benzene rings is 2. The van der Waals surface area contributed by atoms with E-state index in [0.29, 0.717) is 11.4 Å². The summed E-state index contributed by atoms with van der Waals surface area (Å²) in [6.07, 6.45) is 0. The summed E-state index contributed by atoms with van der Waals surface area (Å²) >= 11 is 0. The number of fused-ring (bicyclic) bond motifs is 1. The number of amides is 2. The van der Waals surface area contributed by atoms with Gasteiger partial charge in [-0.1, -0.05) is 24.3 Å². The molecule has 0 atom stereocenters. The van der Waals surface area contributed by atoms with E-state index < -0.39 is 11.9 Å². The second-order valence-electron chi connectivity index (χ2n) is 5.14. The fourth-order valence-corrected chi connectivity index (χ4v) is 2.44. The van der Waals surface area contributed by atoms with Crippen molar-refractivity contribution in [2.75, 3.05) is 23.4 Å². The zero-order chi connectivity index (χ0) is 17.1. The number of rotatable bonds is 4. The predicted molar refractivity (Wildman–Crippen MR) is 86.3 cm³/mol. The molecule has 0 saturated carbocycles. The molecular formula is C17H14N2O5. The molecule has 0 bridgehead atoms. The highest BCUT2D eigenvalue weighted by Gasteiger charge is 2.27.